The molecule has 0 saturated carbocycles. The molecule has 166 valence electrons. The van der Waals surface area contributed by atoms with Crippen LogP contribution < -0.4 is 10.2 Å². The van der Waals surface area contributed by atoms with Gasteiger partial charge in [-0.05, 0) is 42.1 Å². The second-order valence-corrected chi connectivity index (χ2v) is 8.43. The van der Waals surface area contributed by atoms with Gasteiger partial charge in [0.25, 0.3) is 11.6 Å². The minimum Gasteiger partial charge on any atom is -0.378 e. The molecular formula is C20H19ClN6O4S. The summed E-state index contributed by atoms with van der Waals surface area (Å²) in [5.74, 6) is -0.472. The largest absolute Gasteiger partial charge is 0.378 e. The maximum absolute atomic E-state index is 13.0. The SMILES string of the molecule is Cn1cnnc1Sc1ccc(C(=O)Nc2cc(Cl)ccc2N2CCOCC2)cc1[N+](=O)[O-]. The molecule has 32 heavy (non-hydrogen) atoms. The second kappa shape index (κ2) is 9.55. The fourth-order valence-corrected chi connectivity index (χ4v) is 4.26. The van der Waals surface area contributed by atoms with Crippen molar-refractivity contribution in [1.29, 1.82) is 0 Å². The molecule has 1 aliphatic rings. The van der Waals surface area contributed by atoms with Gasteiger partial charge in [-0.3, -0.25) is 14.9 Å². The molecule has 2 aromatic carbocycles. The third-order valence-electron chi connectivity index (χ3n) is 4.85. The first-order chi connectivity index (χ1) is 15.4. The summed E-state index contributed by atoms with van der Waals surface area (Å²) in [6, 6.07) is 9.59. The third kappa shape index (κ3) is 4.85. The minimum atomic E-state index is -0.520. The predicted molar refractivity (Wildman–Crippen MR) is 121 cm³/mol. The number of nitro benzene ring substituents is 1. The Morgan fingerprint density at radius 1 is 1.25 bits per heavy atom. The normalized spacial score (nSPS) is 13.8. The molecule has 12 heteroatoms. The van der Waals surface area contributed by atoms with Crippen LogP contribution in [0.5, 0.6) is 0 Å². The highest BCUT2D eigenvalue weighted by Gasteiger charge is 2.22. The van der Waals surface area contributed by atoms with Crippen molar-refractivity contribution in [2.45, 2.75) is 10.1 Å². The van der Waals surface area contributed by atoms with Gasteiger partial charge in [-0.2, -0.15) is 0 Å². The summed E-state index contributed by atoms with van der Waals surface area (Å²) in [4.78, 5) is 26.6. The zero-order chi connectivity index (χ0) is 22.7. The van der Waals surface area contributed by atoms with Crippen molar-refractivity contribution in [2.75, 3.05) is 36.5 Å². The predicted octanol–water partition coefficient (Wildman–Crippen LogP) is 3.62. The fourth-order valence-electron chi connectivity index (χ4n) is 3.23. The topological polar surface area (TPSA) is 115 Å². The van der Waals surface area contributed by atoms with Gasteiger partial charge >= 0.3 is 0 Å². The molecule has 0 unspecified atom stereocenters. The summed E-state index contributed by atoms with van der Waals surface area (Å²) in [7, 11) is 1.74. The van der Waals surface area contributed by atoms with E-state index in [2.05, 4.69) is 20.4 Å². The van der Waals surface area contributed by atoms with E-state index >= 15 is 0 Å². The van der Waals surface area contributed by atoms with E-state index in [0.29, 0.717) is 47.1 Å². The number of benzene rings is 2. The Morgan fingerprint density at radius 3 is 2.72 bits per heavy atom. The Hall–Kier alpha value is -3.15. The zero-order valence-electron chi connectivity index (χ0n) is 17.0. The van der Waals surface area contributed by atoms with Gasteiger partial charge in [0.05, 0.1) is 34.4 Å². The first-order valence-electron chi connectivity index (χ1n) is 9.66. The molecule has 4 rings (SSSR count). The van der Waals surface area contributed by atoms with Crippen molar-refractivity contribution < 1.29 is 14.5 Å². The second-order valence-electron chi connectivity index (χ2n) is 6.98. The molecule has 1 amide bonds. The number of morpholine rings is 1. The van der Waals surface area contributed by atoms with Gasteiger partial charge in [0.1, 0.15) is 6.33 Å². The zero-order valence-corrected chi connectivity index (χ0v) is 18.6. The molecule has 2 heterocycles. The first kappa shape index (κ1) is 22.1. The lowest BCUT2D eigenvalue weighted by Crippen LogP contribution is -2.36. The number of nitrogens with zero attached hydrogens (tertiary/aromatic N) is 5. The van der Waals surface area contributed by atoms with Crippen LogP contribution in [0.25, 0.3) is 0 Å². The van der Waals surface area contributed by atoms with Crippen LogP contribution >= 0.6 is 23.4 Å². The van der Waals surface area contributed by atoms with Gasteiger partial charge in [0, 0.05) is 36.8 Å². The van der Waals surface area contributed by atoms with E-state index in [1.807, 2.05) is 6.07 Å². The van der Waals surface area contributed by atoms with Crippen LogP contribution in [0.15, 0.2) is 52.8 Å². The Kier molecular flexibility index (Phi) is 6.58. The standard InChI is InChI=1S/C20H19ClN6O4S/c1-25-12-22-24-20(25)32-18-5-2-13(10-17(18)27(29)30)19(28)23-15-11-14(21)3-4-16(15)26-6-8-31-9-7-26/h2-5,10-12H,6-9H2,1H3,(H,23,28). The highest BCUT2D eigenvalue weighted by atomic mass is 35.5. The average molecular weight is 475 g/mol. The molecule has 0 spiro atoms. The van der Waals surface area contributed by atoms with Gasteiger partial charge in [-0.15, -0.1) is 10.2 Å². The summed E-state index contributed by atoms with van der Waals surface area (Å²) in [5.41, 5.74) is 1.32. The number of nitrogens with one attached hydrogen (secondary N) is 1. The Bertz CT molecular complexity index is 1160. The van der Waals surface area contributed by atoms with Crippen LogP contribution in [0.3, 0.4) is 0 Å². The summed E-state index contributed by atoms with van der Waals surface area (Å²) < 4.78 is 7.05. The molecule has 0 radical (unpaired) electrons. The Balaban J connectivity index is 1.60. The first-order valence-corrected chi connectivity index (χ1v) is 10.9. The average Bonchev–Trinajstić information content (AvgIpc) is 3.19. The van der Waals surface area contributed by atoms with Crippen molar-refractivity contribution in [3.63, 3.8) is 0 Å². The molecule has 1 saturated heterocycles. The highest BCUT2D eigenvalue weighted by Crippen LogP contribution is 2.35. The van der Waals surface area contributed by atoms with E-state index in [4.69, 9.17) is 16.3 Å². The number of anilines is 2. The van der Waals surface area contributed by atoms with E-state index in [9.17, 15) is 14.9 Å². The number of aryl methyl sites for hydroxylation is 1. The van der Waals surface area contributed by atoms with Crippen LogP contribution in [-0.4, -0.2) is 51.9 Å². The lowest BCUT2D eigenvalue weighted by atomic mass is 10.1. The Labute approximate surface area is 192 Å². The minimum absolute atomic E-state index is 0.159. The van der Waals surface area contributed by atoms with E-state index in [1.165, 1.54) is 18.5 Å². The van der Waals surface area contributed by atoms with Crippen molar-refractivity contribution in [2.24, 2.45) is 7.05 Å². The number of nitro groups is 1. The molecule has 0 aliphatic carbocycles. The van der Waals surface area contributed by atoms with E-state index in [0.717, 1.165) is 17.4 Å². The third-order valence-corrected chi connectivity index (χ3v) is 6.20. The van der Waals surface area contributed by atoms with Crippen LogP contribution in [0.1, 0.15) is 10.4 Å². The van der Waals surface area contributed by atoms with Crippen molar-refractivity contribution >= 4 is 46.3 Å². The van der Waals surface area contributed by atoms with Gasteiger partial charge < -0.3 is 19.5 Å². The number of hydrogen-bond donors (Lipinski definition) is 1. The molecule has 1 N–H and O–H groups in total. The molecule has 0 bridgehead atoms. The van der Waals surface area contributed by atoms with E-state index in [1.54, 1.807) is 29.8 Å². The summed E-state index contributed by atoms with van der Waals surface area (Å²) in [6.07, 6.45) is 1.51. The molecule has 0 atom stereocenters. The number of amides is 1. The highest BCUT2D eigenvalue weighted by molar-refractivity contribution is 7.99. The summed E-state index contributed by atoms with van der Waals surface area (Å²) in [6.45, 7) is 2.55. The molecule has 3 aromatic rings. The maximum atomic E-state index is 13.0. The summed E-state index contributed by atoms with van der Waals surface area (Å²) in [5, 5.41) is 23.2. The molecule has 10 nitrogen and oxygen atoms in total. The van der Waals surface area contributed by atoms with Crippen LogP contribution in [0.2, 0.25) is 5.02 Å². The smallest absolute Gasteiger partial charge is 0.284 e. The van der Waals surface area contributed by atoms with Gasteiger partial charge in [0.15, 0.2) is 5.16 Å². The number of ether oxygens (including phenoxy) is 1. The fraction of sp³-hybridized carbons (Fsp3) is 0.250. The van der Waals surface area contributed by atoms with Crippen LogP contribution in [0, 0.1) is 10.1 Å². The van der Waals surface area contributed by atoms with Crippen LogP contribution in [-0.2, 0) is 11.8 Å². The Morgan fingerprint density at radius 2 is 2.03 bits per heavy atom. The van der Waals surface area contributed by atoms with Gasteiger partial charge in [-0.25, -0.2) is 0 Å². The van der Waals surface area contributed by atoms with E-state index in [-0.39, 0.29) is 11.3 Å². The van der Waals surface area contributed by atoms with Gasteiger partial charge in [0.2, 0.25) is 0 Å². The quantitative estimate of drug-likeness (QED) is 0.425. The molecule has 1 aliphatic heterocycles. The molecular weight excluding hydrogens is 456 g/mol. The number of aromatic nitrogens is 3. The number of carbonyl (C=O) groups excluding carboxylic acids is 1. The van der Waals surface area contributed by atoms with Crippen molar-refractivity contribution in [1.82, 2.24) is 14.8 Å². The van der Waals surface area contributed by atoms with Crippen LogP contribution in [0.4, 0.5) is 17.1 Å². The van der Waals surface area contributed by atoms with Gasteiger partial charge in [-0.1, -0.05) is 11.6 Å². The maximum Gasteiger partial charge on any atom is 0.284 e. The van der Waals surface area contributed by atoms with Crippen molar-refractivity contribution in [3.8, 4) is 0 Å². The number of rotatable bonds is 6. The van der Waals surface area contributed by atoms with E-state index < -0.39 is 10.8 Å². The number of hydrogen-bond acceptors (Lipinski definition) is 8. The lowest BCUT2D eigenvalue weighted by Gasteiger charge is -2.30. The molecule has 1 fully saturated rings. The lowest BCUT2D eigenvalue weighted by molar-refractivity contribution is -0.387. The molecule has 1 aromatic heterocycles. The number of halogens is 1. The monoisotopic (exact) mass is 474 g/mol. The van der Waals surface area contributed by atoms with Crippen molar-refractivity contribution in [3.05, 3.63) is 63.4 Å². The summed E-state index contributed by atoms with van der Waals surface area (Å²) >= 11 is 7.26. The number of carbonyl (C=O) groups is 1.